The van der Waals surface area contributed by atoms with Crippen molar-refractivity contribution in [2.45, 2.75) is 38.5 Å². The monoisotopic (exact) mass is 248 g/mol. The fourth-order valence-electron chi connectivity index (χ4n) is 2.69. The SMILES string of the molecule is CC(C)Cc1ccc(C2(CCCO)COC2)cc1. The van der Waals surface area contributed by atoms with Crippen LogP contribution in [0.4, 0.5) is 0 Å². The van der Waals surface area contributed by atoms with E-state index in [-0.39, 0.29) is 12.0 Å². The van der Waals surface area contributed by atoms with Crippen molar-refractivity contribution in [1.82, 2.24) is 0 Å². The maximum atomic E-state index is 9.00. The molecule has 0 amide bonds. The van der Waals surface area contributed by atoms with E-state index in [1.807, 2.05) is 0 Å². The lowest BCUT2D eigenvalue weighted by molar-refractivity contribution is -0.0665. The first-order chi connectivity index (χ1) is 8.66. The third-order valence-electron chi connectivity index (χ3n) is 3.78. The Hall–Kier alpha value is -0.860. The molecule has 0 bridgehead atoms. The second kappa shape index (κ2) is 5.85. The summed E-state index contributed by atoms with van der Waals surface area (Å²) in [5.74, 6) is 0.700. The third-order valence-corrected chi connectivity index (χ3v) is 3.78. The fraction of sp³-hybridized carbons (Fsp3) is 0.625. The Morgan fingerprint density at radius 3 is 2.33 bits per heavy atom. The smallest absolute Gasteiger partial charge is 0.0585 e. The van der Waals surface area contributed by atoms with Gasteiger partial charge in [0.15, 0.2) is 0 Å². The summed E-state index contributed by atoms with van der Waals surface area (Å²) in [5.41, 5.74) is 2.94. The number of hydrogen-bond acceptors (Lipinski definition) is 2. The molecule has 18 heavy (non-hydrogen) atoms. The van der Waals surface area contributed by atoms with Crippen LogP contribution in [0.5, 0.6) is 0 Å². The highest BCUT2D eigenvalue weighted by Gasteiger charge is 2.39. The molecule has 1 saturated heterocycles. The van der Waals surface area contributed by atoms with Gasteiger partial charge in [-0.2, -0.15) is 0 Å². The summed E-state index contributed by atoms with van der Waals surface area (Å²) in [7, 11) is 0. The van der Waals surface area contributed by atoms with Gasteiger partial charge in [-0.3, -0.25) is 0 Å². The molecule has 0 aromatic heterocycles. The number of aliphatic hydroxyl groups excluding tert-OH is 1. The molecule has 1 aliphatic heterocycles. The van der Waals surface area contributed by atoms with Crippen LogP contribution in [0, 0.1) is 5.92 Å². The molecular weight excluding hydrogens is 224 g/mol. The highest BCUT2D eigenvalue weighted by Crippen LogP contribution is 2.36. The highest BCUT2D eigenvalue weighted by atomic mass is 16.5. The Morgan fingerprint density at radius 1 is 1.22 bits per heavy atom. The van der Waals surface area contributed by atoms with E-state index in [9.17, 15) is 0 Å². The predicted octanol–water partition coefficient (Wildman–Crippen LogP) is 2.93. The summed E-state index contributed by atoms with van der Waals surface area (Å²) in [4.78, 5) is 0. The van der Waals surface area contributed by atoms with Gasteiger partial charge >= 0.3 is 0 Å². The average molecular weight is 248 g/mol. The Bertz CT molecular complexity index is 363. The van der Waals surface area contributed by atoms with E-state index in [4.69, 9.17) is 9.84 Å². The molecule has 1 aromatic carbocycles. The summed E-state index contributed by atoms with van der Waals surface area (Å²) in [6.07, 6.45) is 3.02. The van der Waals surface area contributed by atoms with Crippen molar-refractivity contribution in [3.8, 4) is 0 Å². The Kier molecular flexibility index (Phi) is 4.41. The normalized spacial score (nSPS) is 17.8. The van der Waals surface area contributed by atoms with Crippen molar-refractivity contribution >= 4 is 0 Å². The lowest BCUT2D eigenvalue weighted by Gasteiger charge is -2.42. The molecule has 0 radical (unpaired) electrons. The van der Waals surface area contributed by atoms with Crippen molar-refractivity contribution < 1.29 is 9.84 Å². The van der Waals surface area contributed by atoms with Gasteiger partial charge in [0.25, 0.3) is 0 Å². The van der Waals surface area contributed by atoms with Gasteiger partial charge in [-0.1, -0.05) is 38.1 Å². The first-order valence-corrected chi connectivity index (χ1v) is 6.94. The molecule has 0 atom stereocenters. The lowest BCUT2D eigenvalue weighted by Crippen LogP contribution is -2.46. The van der Waals surface area contributed by atoms with Gasteiger partial charge in [0, 0.05) is 12.0 Å². The molecule has 1 aliphatic rings. The van der Waals surface area contributed by atoms with E-state index < -0.39 is 0 Å². The molecule has 2 rings (SSSR count). The number of aliphatic hydroxyl groups is 1. The van der Waals surface area contributed by atoms with E-state index in [1.54, 1.807) is 0 Å². The quantitative estimate of drug-likeness (QED) is 0.838. The Labute approximate surface area is 110 Å². The van der Waals surface area contributed by atoms with Gasteiger partial charge in [-0.25, -0.2) is 0 Å². The first-order valence-electron chi connectivity index (χ1n) is 6.94. The van der Waals surface area contributed by atoms with Crippen LogP contribution in [-0.2, 0) is 16.6 Å². The molecule has 0 unspecified atom stereocenters. The minimum absolute atomic E-state index is 0.166. The molecule has 2 heteroatoms. The van der Waals surface area contributed by atoms with Gasteiger partial charge in [-0.15, -0.1) is 0 Å². The maximum Gasteiger partial charge on any atom is 0.0585 e. The second-order valence-corrected chi connectivity index (χ2v) is 5.90. The van der Waals surface area contributed by atoms with Crippen LogP contribution < -0.4 is 0 Å². The number of rotatable bonds is 6. The van der Waals surface area contributed by atoms with E-state index >= 15 is 0 Å². The van der Waals surface area contributed by atoms with Gasteiger partial charge in [0.1, 0.15) is 0 Å². The molecule has 0 saturated carbocycles. The van der Waals surface area contributed by atoms with Crippen molar-refractivity contribution in [3.05, 3.63) is 35.4 Å². The summed E-state index contributed by atoms with van der Waals surface area (Å²) in [6.45, 7) is 6.37. The summed E-state index contributed by atoms with van der Waals surface area (Å²) in [6, 6.07) is 8.98. The number of benzene rings is 1. The fourth-order valence-corrected chi connectivity index (χ4v) is 2.69. The van der Waals surface area contributed by atoms with Crippen LogP contribution in [0.25, 0.3) is 0 Å². The molecule has 2 nitrogen and oxygen atoms in total. The average Bonchev–Trinajstić information content (AvgIpc) is 2.29. The van der Waals surface area contributed by atoms with Crippen molar-refractivity contribution in [1.29, 1.82) is 0 Å². The largest absolute Gasteiger partial charge is 0.396 e. The third kappa shape index (κ3) is 2.93. The van der Waals surface area contributed by atoms with Gasteiger partial charge in [0.05, 0.1) is 13.2 Å². The molecule has 1 N–H and O–H groups in total. The minimum Gasteiger partial charge on any atom is -0.396 e. The summed E-state index contributed by atoms with van der Waals surface area (Å²) in [5, 5.41) is 9.00. The number of hydrogen-bond donors (Lipinski definition) is 1. The van der Waals surface area contributed by atoms with Gasteiger partial charge in [0.2, 0.25) is 0 Å². The lowest BCUT2D eigenvalue weighted by atomic mass is 9.75. The highest BCUT2D eigenvalue weighted by molar-refractivity contribution is 5.31. The predicted molar refractivity (Wildman–Crippen MR) is 73.8 cm³/mol. The molecule has 1 heterocycles. The minimum atomic E-state index is 0.166. The van der Waals surface area contributed by atoms with Crippen LogP contribution in [0.15, 0.2) is 24.3 Å². The Balaban J connectivity index is 2.07. The molecule has 0 spiro atoms. The molecule has 1 fully saturated rings. The summed E-state index contributed by atoms with van der Waals surface area (Å²) < 4.78 is 5.40. The van der Waals surface area contributed by atoms with Crippen molar-refractivity contribution in [2.24, 2.45) is 5.92 Å². The first kappa shape index (κ1) is 13.6. The molecular formula is C16H24O2. The van der Waals surface area contributed by atoms with Crippen LogP contribution in [0.3, 0.4) is 0 Å². The molecule has 0 aliphatic carbocycles. The van der Waals surface area contributed by atoms with E-state index in [2.05, 4.69) is 38.1 Å². The van der Waals surface area contributed by atoms with Gasteiger partial charge < -0.3 is 9.84 Å². The topological polar surface area (TPSA) is 29.5 Å². The van der Waals surface area contributed by atoms with E-state index in [0.717, 1.165) is 32.5 Å². The standard InChI is InChI=1S/C16H24O2/c1-13(2)10-14-4-6-15(7-5-14)16(8-3-9-17)11-18-12-16/h4-7,13,17H,3,8-12H2,1-2H3. The van der Waals surface area contributed by atoms with Crippen LogP contribution >= 0.6 is 0 Å². The van der Waals surface area contributed by atoms with Crippen LogP contribution in [-0.4, -0.2) is 24.9 Å². The second-order valence-electron chi connectivity index (χ2n) is 5.90. The summed E-state index contributed by atoms with van der Waals surface area (Å²) >= 11 is 0. The van der Waals surface area contributed by atoms with Crippen molar-refractivity contribution in [2.75, 3.05) is 19.8 Å². The zero-order chi connectivity index (χ0) is 13.0. The van der Waals surface area contributed by atoms with E-state index in [1.165, 1.54) is 11.1 Å². The Morgan fingerprint density at radius 2 is 1.89 bits per heavy atom. The molecule has 100 valence electrons. The van der Waals surface area contributed by atoms with E-state index in [0.29, 0.717) is 5.92 Å². The van der Waals surface area contributed by atoms with Crippen LogP contribution in [0.2, 0.25) is 0 Å². The van der Waals surface area contributed by atoms with Crippen LogP contribution in [0.1, 0.15) is 37.8 Å². The van der Waals surface area contributed by atoms with Gasteiger partial charge in [-0.05, 0) is 36.3 Å². The van der Waals surface area contributed by atoms with Crippen molar-refractivity contribution in [3.63, 3.8) is 0 Å². The molecule has 1 aromatic rings. The number of ether oxygens (including phenoxy) is 1. The zero-order valence-electron chi connectivity index (χ0n) is 11.5. The zero-order valence-corrected chi connectivity index (χ0v) is 11.5. The maximum absolute atomic E-state index is 9.00.